The van der Waals surface area contributed by atoms with Crippen molar-refractivity contribution in [1.29, 1.82) is 0 Å². The lowest BCUT2D eigenvalue weighted by Gasteiger charge is -2.30. The molecule has 1 aromatic carbocycles. The van der Waals surface area contributed by atoms with Crippen LogP contribution >= 0.6 is 0 Å². The van der Waals surface area contributed by atoms with Crippen LogP contribution in [0.5, 0.6) is 0 Å². The standard InChI is InChI=1S/C14H16N2O/c1-9-13(10(2)17)14(16-11(3)15-9)12-7-5-4-6-8-12/h4-8,14-16H,3H2,1-2H3. The van der Waals surface area contributed by atoms with Crippen molar-refractivity contribution in [3.05, 3.63) is 59.6 Å². The fourth-order valence-electron chi connectivity index (χ4n) is 2.16. The van der Waals surface area contributed by atoms with Crippen molar-refractivity contribution >= 4 is 5.78 Å². The van der Waals surface area contributed by atoms with Gasteiger partial charge in [-0.15, -0.1) is 0 Å². The average Bonchev–Trinajstić information content (AvgIpc) is 2.28. The molecule has 1 heterocycles. The molecule has 0 amide bonds. The summed E-state index contributed by atoms with van der Waals surface area (Å²) in [5, 5.41) is 6.27. The molecule has 1 aliphatic heterocycles. The van der Waals surface area contributed by atoms with Crippen LogP contribution in [0, 0.1) is 0 Å². The van der Waals surface area contributed by atoms with Crippen molar-refractivity contribution in [2.45, 2.75) is 19.9 Å². The van der Waals surface area contributed by atoms with E-state index in [9.17, 15) is 4.79 Å². The van der Waals surface area contributed by atoms with Crippen LogP contribution in [0.15, 0.2) is 54.0 Å². The van der Waals surface area contributed by atoms with Gasteiger partial charge in [0, 0.05) is 11.3 Å². The van der Waals surface area contributed by atoms with Gasteiger partial charge in [-0.2, -0.15) is 0 Å². The molecule has 1 aromatic rings. The lowest BCUT2D eigenvalue weighted by molar-refractivity contribution is -0.114. The van der Waals surface area contributed by atoms with Crippen molar-refractivity contribution in [3.63, 3.8) is 0 Å². The second-order valence-corrected chi connectivity index (χ2v) is 4.19. The van der Waals surface area contributed by atoms with E-state index in [1.807, 2.05) is 37.3 Å². The molecule has 0 saturated heterocycles. The molecule has 0 aromatic heterocycles. The summed E-state index contributed by atoms with van der Waals surface area (Å²) in [5.41, 5.74) is 2.71. The Kier molecular flexibility index (Phi) is 3.00. The van der Waals surface area contributed by atoms with Crippen LogP contribution < -0.4 is 10.6 Å². The van der Waals surface area contributed by atoms with E-state index in [-0.39, 0.29) is 11.8 Å². The number of carbonyl (C=O) groups excluding carboxylic acids is 1. The highest BCUT2D eigenvalue weighted by Gasteiger charge is 2.26. The Morgan fingerprint density at radius 3 is 2.53 bits per heavy atom. The van der Waals surface area contributed by atoms with Crippen LogP contribution in [0.2, 0.25) is 0 Å². The van der Waals surface area contributed by atoms with Crippen LogP contribution in [0.1, 0.15) is 25.5 Å². The molecule has 3 nitrogen and oxygen atoms in total. The first kappa shape index (κ1) is 11.5. The number of ketones is 1. The van der Waals surface area contributed by atoms with Gasteiger partial charge in [-0.3, -0.25) is 4.79 Å². The zero-order valence-electron chi connectivity index (χ0n) is 10.1. The molecule has 3 heteroatoms. The molecule has 1 aliphatic rings. The molecule has 0 aliphatic carbocycles. The van der Waals surface area contributed by atoms with Gasteiger partial charge in [-0.25, -0.2) is 0 Å². The van der Waals surface area contributed by atoms with E-state index in [1.54, 1.807) is 6.92 Å². The minimum atomic E-state index is -0.109. The summed E-state index contributed by atoms with van der Waals surface area (Å²) in [6.07, 6.45) is 0. The van der Waals surface area contributed by atoms with Gasteiger partial charge in [0.15, 0.2) is 5.78 Å². The third kappa shape index (κ3) is 2.23. The molecular weight excluding hydrogens is 212 g/mol. The predicted molar refractivity (Wildman–Crippen MR) is 68.0 cm³/mol. The van der Waals surface area contributed by atoms with Crippen LogP contribution in [0.25, 0.3) is 0 Å². The molecule has 88 valence electrons. The van der Waals surface area contributed by atoms with Crippen LogP contribution in [-0.4, -0.2) is 5.78 Å². The Bertz CT molecular complexity index is 488. The molecule has 2 rings (SSSR count). The first-order chi connectivity index (χ1) is 8.09. The Morgan fingerprint density at radius 2 is 1.94 bits per heavy atom. The summed E-state index contributed by atoms with van der Waals surface area (Å²) in [6.45, 7) is 7.36. The maximum atomic E-state index is 11.7. The van der Waals surface area contributed by atoms with E-state index >= 15 is 0 Å². The quantitative estimate of drug-likeness (QED) is 0.815. The lowest BCUT2D eigenvalue weighted by atomic mass is 9.93. The summed E-state index contributed by atoms with van der Waals surface area (Å²) in [7, 11) is 0. The van der Waals surface area contributed by atoms with Gasteiger partial charge in [0.2, 0.25) is 0 Å². The molecule has 0 radical (unpaired) electrons. The topological polar surface area (TPSA) is 41.1 Å². The van der Waals surface area contributed by atoms with Gasteiger partial charge < -0.3 is 10.6 Å². The molecule has 0 spiro atoms. The molecule has 0 fully saturated rings. The van der Waals surface area contributed by atoms with E-state index in [1.165, 1.54) is 0 Å². The number of nitrogens with one attached hydrogen (secondary N) is 2. The molecule has 1 atom stereocenters. The summed E-state index contributed by atoms with van der Waals surface area (Å²) in [4.78, 5) is 11.7. The van der Waals surface area contributed by atoms with Crippen LogP contribution in [-0.2, 0) is 4.79 Å². The van der Waals surface area contributed by atoms with Gasteiger partial charge in [0.25, 0.3) is 0 Å². The number of Topliss-reactive ketones (excluding diaryl/α,β-unsaturated/α-hetero) is 1. The maximum absolute atomic E-state index is 11.7. The van der Waals surface area contributed by atoms with Gasteiger partial charge in [-0.05, 0) is 19.4 Å². The first-order valence-corrected chi connectivity index (χ1v) is 5.58. The van der Waals surface area contributed by atoms with Gasteiger partial charge in [0.05, 0.1) is 11.9 Å². The Hall–Kier alpha value is -2.03. The fourth-order valence-corrected chi connectivity index (χ4v) is 2.16. The molecular formula is C14H16N2O. The fraction of sp³-hybridized carbons (Fsp3) is 0.214. The second-order valence-electron chi connectivity index (χ2n) is 4.19. The zero-order valence-corrected chi connectivity index (χ0v) is 10.1. The van der Waals surface area contributed by atoms with Crippen molar-refractivity contribution < 1.29 is 4.79 Å². The van der Waals surface area contributed by atoms with E-state index < -0.39 is 0 Å². The number of allylic oxidation sites excluding steroid dienone is 1. The normalized spacial score (nSPS) is 19.6. The highest BCUT2D eigenvalue weighted by molar-refractivity contribution is 5.95. The number of benzene rings is 1. The molecule has 0 saturated carbocycles. The number of carbonyl (C=O) groups is 1. The first-order valence-electron chi connectivity index (χ1n) is 5.58. The second kappa shape index (κ2) is 4.45. The van der Waals surface area contributed by atoms with Crippen LogP contribution in [0.4, 0.5) is 0 Å². The lowest BCUT2D eigenvalue weighted by Crippen LogP contribution is -2.38. The number of hydrogen-bond donors (Lipinski definition) is 2. The predicted octanol–water partition coefficient (Wildman–Crippen LogP) is 2.25. The van der Waals surface area contributed by atoms with Crippen molar-refractivity contribution in [2.75, 3.05) is 0 Å². The van der Waals surface area contributed by atoms with Crippen LogP contribution in [0.3, 0.4) is 0 Å². The SMILES string of the molecule is C=C1NC(C)=C(C(C)=O)C(c2ccccc2)N1. The third-order valence-corrected chi connectivity index (χ3v) is 2.86. The van der Waals surface area contributed by atoms with Crippen molar-refractivity contribution in [3.8, 4) is 0 Å². The van der Waals surface area contributed by atoms with Crippen molar-refractivity contribution in [1.82, 2.24) is 10.6 Å². The van der Waals surface area contributed by atoms with E-state index in [0.717, 1.165) is 22.7 Å². The van der Waals surface area contributed by atoms with E-state index in [2.05, 4.69) is 17.2 Å². The van der Waals surface area contributed by atoms with E-state index in [4.69, 9.17) is 0 Å². The van der Waals surface area contributed by atoms with Gasteiger partial charge in [0.1, 0.15) is 0 Å². The Labute approximate surface area is 101 Å². The maximum Gasteiger partial charge on any atom is 0.159 e. The minimum Gasteiger partial charge on any atom is -0.361 e. The Balaban J connectivity index is 2.47. The molecule has 2 N–H and O–H groups in total. The monoisotopic (exact) mass is 228 g/mol. The molecule has 17 heavy (non-hydrogen) atoms. The van der Waals surface area contributed by atoms with E-state index in [0.29, 0.717) is 0 Å². The summed E-state index contributed by atoms with van der Waals surface area (Å²) < 4.78 is 0. The smallest absolute Gasteiger partial charge is 0.159 e. The van der Waals surface area contributed by atoms with Crippen molar-refractivity contribution in [2.24, 2.45) is 0 Å². The molecule has 1 unspecified atom stereocenters. The molecule has 0 bridgehead atoms. The highest BCUT2D eigenvalue weighted by Crippen LogP contribution is 2.28. The average molecular weight is 228 g/mol. The summed E-state index contributed by atoms with van der Waals surface area (Å²) in [6, 6.07) is 9.80. The highest BCUT2D eigenvalue weighted by atomic mass is 16.1. The largest absolute Gasteiger partial charge is 0.361 e. The summed E-state index contributed by atoms with van der Waals surface area (Å²) in [5.74, 6) is 0.796. The number of hydrogen-bond acceptors (Lipinski definition) is 3. The van der Waals surface area contributed by atoms with Gasteiger partial charge >= 0.3 is 0 Å². The van der Waals surface area contributed by atoms with Gasteiger partial charge in [-0.1, -0.05) is 36.9 Å². The Morgan fingerprint density at radius 1 is 1.29 bits per heavy atom. The number of rotatable bonds is 2. The minimum absolute atomic E-state index is 0.0730. The summed E-state index contributed by atoms with van der Waals surface area (Å²) >= 11 is 0. The zero-order chi connectivity index (χ0) is 12.4. The third-order valence-electron chi connectivity index (χ3n) is 2.86.